The standard InChI is InChI=1S/C13H14N2O3/c1-2-11(13(17)18)15-12(16)10-6-4-3-5-9(10)7-8-14/h3-6,11H,2,7H2,1H3,(H,15,16)(H,17,18). The van der Waals surface area contributed by atoms with E-state index in [0.717, 1.165) is 0 Å². The number of benzene rings is 1. The highest BCUT2D eigenvalue weighted by atomic mass is 16.4. The second-order valence-electron chi connectivity index (χ2n) is 3.76. The number of carbonyl (C=O) groups excluding carboxylic acids is 1. The van der Waals surface area contributed by atoms with Gasteiger partial charge in [-0.15, -0.1) is 0 Å². The van der Waals surface area contributed by atoms with Crippen LogP contribution in [0.25, 0.3) is 0 Å². The van der Waals surface area contributed by atoms with Crippen LogP contribution in [0.1, 0.15) is 29.3 Å². The summed E-state index contributed by atoms with van der Waals surface area (Å²) in [4.78, 5) is 22.8. The van der Waals surface area contributed by atoms with E-state index in [-0.39, 0.29) is 6.42 Å². The molecular formula is C13H14N2O3. The molecule has 94 valence electrons. The fourth-order valence-electron chi connectivity index (χ4n) is 1.56. The van der Waals surface area contributed by atoms with Gasteiger partial charge in [-0.1, -0.05) is 25.1 Å². The Hall–Kier alpha value is -2.35. The molecule has 0 aliphatic rings. The highest BCUT2D eigenvalue weighted by molar-refractivity contribution is 5.97. The summed E-state index contributed by atoms with van der Waals surface area (Å²) < 4.78 is 0. The molecule has 5 nitrogen and oxygen atoms in total. The number of hydrogen-bond donors (Lipinski definition) is 2. The lowest BCUT2D eigenvalue weighted by molar-refractivity contribution is -0.139. The summed E-state index contributed by atoms with van der Waals surface area (Å²) in [6.45, 7) is 1.68. The number of carboxylic acid groups (broad SMARTS) is 1. The van der Waals surface area contributed by atoms with Crippen LogP contribution in [-0.2, 0) is 11.2 Å². The number of nitrogens with one attached hydrogen (secondary N) is 1. The maximum Gasteiger partial charge on any atom is 0.326 e. The lowest BCUT2D eigenvalue weighted by atomic mass is 10.0. The van der Waals surface area contributed by atoms with Crippen molar-refractivity contribution in [3.63, 3.8) is 0 Å². The minimum absolute atomic E-state index is 0.119. The van der Waals surface area contributed by atoms with Crippen LogP contribution in [-0.4, -0.2) is 23.0 Å². The van der Waals surface area contributed by atoms with Gasteiger partial charge in [0.05, 0.1) is 12.5 Å². The zero-order valence-electron chi connectivity index (χ0n) is 10.0. The molecule has 1 aromatic carbocycles. The summed E-state index contributed by atoms with van der Waals surface area (Å²) in [7, 11) is 0. The predicted molar refractivity (Wildman–Crippen MR) is 64.9 cm³/mol. The quantitative estimate of drug-likeness (QED) is 0.820. The molecule has 0 fully saturated rings. The topological polar surface area (TPSA) is 90.2 Å². The van der Waals surface area contributed by atoms with E-state index in [9.17, 15) is 9.59 Å². The molecule has 18 heavy (non-hydrogen) atoms. The first-order valence-corrected chi connectivity index (χ1v) is 5.58. The summed E-state index contributed by atoms with van der Waals surface area (Å²) in [5.74, 6) is -1.53. The smallest absolute Gasteiger partial charge is 0.326 e. The second kappa shape index (κ2) is 6.40. The lowest BCUT2D eigenvalue weighted by Crippen LogP contribution is -2.40. The SMILES string of the molecule is CCC(NC(=O)c1ccccc1CC#N)C(=O)O. The minimum atomic E-state index is -1.07. The third-order valence-electron chi connectivity index (χ3n) is 2.54. The molecule has 0 saturated heterocycles. The Balaban J connectivity index is 2.90. The normalized spacial score (nSPS) is 11.3. The number of aliphatic carboxylic acids is 1. The number of carbonyl (C=O) groups is 2. The van der Waals surface area contributed by atoms with Gasteiger partial charge in [0.2, 0.25) is 0 Å². The summed E-state index contributed by atoms with van der Waals surface area (Å²) in [6, 6.07) is 7.74. The van der Waals surface area contributed by atoms with Gasteiger partial charge in [0.25, 0.3) is 5.91 Å². The van der Waals surface area contributed by atoms with Crippen LogP contribution in [0, 0.1) is 11.3 Å². The molecular weight excluding hydrogens is 232 g/mol. The van der Waals surface area contributed by atoms with Gasteiger partial charge in [-0.2, -0.15) is 5.26 Å². The molecule has 0 bridgehead atoms. The molecule has 1 aromatic rings. The van der Waals surface area contributed by atoms with Crippen molar-refractivity contribution >= 4 is 11.9 Å². The first kappa shape index (κ1) is 13.7. The number of rotatable bonds is 5. The molecule has 2 N–H and O–H groups in total. The molecule has 1 unspecified atom stereocenters. The van der Waals surface area contributed by atoms with E-state index in [4.69, 9.17) is 10.4 Å². The molecule has 5 heteroatoms. The molecule has 0 saturated carbocycles. The molecule has 0 radical (unpaired) electrons. The van der Waals surface area contributed by atoms with E-state index in [1.165, 1.54) is 0 Å². The van der Waals surface area contributed by atoms with Gasteiger partial charge >= 0.3 is 5.97 Å². The highest BCUT2D eigenvalue weighted by Gasteiger charge is 2.19. The van der Waals surface area contributed by atoms with E-state index in [0.29, 0.717) is 17.5 Å². The molecule has 1 rings (SSSR count). The number of nitrogens with zero attached hydrogens (tertiary/aromatic N) is 1. The Labute approximate surface area is 105 Å². The minimum Gasteiger partial charge on any atom is -0.480 e. The Bertz CT molecular complexity index is 491. The van der Waals surface area contributed by atoms with E-state index >= 15 is 0 Å². The van der Waals surface area contributed by atoms with E-state index in [2.05, 4.69) is 5.32 Å². The number of carboxylic acids is 1. The van der Waals surface area contributed by atoms with Gasteiger partial charge in [-0.25, -0.2) is 4.79 Å². The molecule has 0 aliphatic heterocycles. The third-order valence-corrected chi connectivity index (χ3v) is 2.54. The van der Waals surface area contributed by atoms with Crippen LogP contribution in [0.2, 0.25) is 0 Å². The van der Waals surface area contributed by atoms with Crippen LogP contribution in [0.4, 0.5) is 0 Å². The van der Waals surface area contributed by atoms with E-state index < -0.39 is 17.9 Å². The van der Waals surface area contributed by atoms with E-state index in [1.807, 2.05) is 6.07 Å². The largest absolute Gasteiger partial charge is 0.480 e. The van der Waals surface area contributed by atoms with Crippen LogP contribution >= 0.6 is 0 Å². The average molecular weight is 246 g/mol. The van der Waals surface area contributed by atoms with Gasteiger partial charge in [-0.05, 0) is 18.1 Å². The molecule has 0 spiro atoms. The summed E-state index contributed by atoms with van der Waals surface area (Å²) >= 11 is 0. The van der Waals surface area contributed by atoms with Crippen LogP contribution in [0.5, 0.6) is 0 Å². The van der Waals surface area contributed by atoms with Gasteiger partial charge in [0.15, 0.2) is 0 Å². The first-order valence-electron chi connectivity index (χ1n) is 5.58. The second-order valence-corrected chi connectivity index (χ2v) is 3.76. The van der Waals surface area contributed by atoms with Crippen LogP contribution in [0.3, 0.4) is 0 Å². The van der Waals surface area contributed by atoms with Gasteiger partial charge in [-0.3, -0.25) is 4.79 Å². The van der Waals surface area contributed by atoms with Crippen LogP contribution in [0.15, 0.2) is 24.3 Å². The maximum absolute atomic E-state index is 11.9. The van der Waals surface area contributed by atoms with Crippen molar-refractivity contribution in [3.05, 3.63) is 35.4 Å². The van der Waals surface area contributed by atoms with Crippen molar-refractivity contribution in [1.29, 1.82) is 5.26 Å². The van der Waals surface area contributed by atoms with Crippen molar-refractivity contribution in [1.82, 2.24) is 5.32 Å². The zero-order chi connectivity index (χ0) is 13.5. The number of hydrogen-bond acceptors (Lipinski definition) is 3. The average Bonchev–Trinajstić information content (AvgIpc) is 2.36. The maximum atomic E-state index is 11.9. The number of nitriles is 1. The van der Waals surface area contributed by atoms with E-state index in [1.54, 1.807) is 31.2 Å². The van der Waals surface area contributed by atoms with Crippen molar-refractivity contribution in [2.45, 2.75) is 25.8 Å². The first-order chi connectivity index (χ1) is 8.60. The van der Waals surface area contributed by atoms with Crippen molar-refractivity contribution < 1.29 is 14.7 Å². The molecule has 0 heterocycles. The van der Waals surface area contributed by atoms with Crippen molar-refractivity contribution in [2.75, 3.05) is 0 Å². The lowest BCUT2D eigenvalue weighted by Gasteiger charge is -2.13. The molecule has 0 aliphatic carbocycles. The Morgan fingerprint density at radius 1 is 1.44 bits per heavy atom. The zero-order valence-corrected chi connectivity index (χ0v) is 10.0. The Morgan fingerprint density at radius 2 is 2.11 bits per heavy atom. The van der Waals surface area contributed by atoms with Crippen LogP contribution < -0.4 is 5.32 Å². The Kier molecular flexibility index (Phi) is 4.88. The fraction of sp³-hybridized carbons (Fsp3) is 0.308. The third kappa shape index (κ3) is 3.32. The van der Waals surface area contributed by atoms with Gasteiger partial charge in [0, 0.05) is 5.56 Å². The molecule has 1 atom stereocenters. The summed E-state index contributed by atoms with van der Waals surface area (Å²) in [5, 5.41) is 20.0. The van der Waals surface area contributed by atoms with Crippen molar-refractivity contribution in [3.8, 4) is 6.07 Å². The molecule has 1 amide bonds. The van der Waals surface area contributed by atoms with Gasteiger partial charge < -0.3 is 10.4 Å². The monoisotopic (exact) mass is 246 g/mol. The predicted octanol–water partition coefficient (Wildman–Crippen LogP) is 1.35. The molecule has 0 aromatic heterocycles. The van der Waals surface area contributed by atoms with Gasteiger partial charge in [0.1, 0.15) is 6.04 Å². The summed E-state index contributed by atoms with van der Waals surface area (Å²) in [6.07, 6.45) is 0.426. The Morgan fingerprint density at radius 3 is 2.67 bits per heavy atom. The highest BCUT2D eigenvalue weighted by Crippen LogP contribution is 2.09. The summed E-state index contributed by atoms with van der Waals surface area (Å²) in [5.41, 5.74) is 0.941. The number of amides is 1. The van der Waals surface area contributed by atoms with Crippen molar-refractivity contribution in [2.24, 2.45) is 0 Å². The fourth-order valence-corrected chi connectivity index (χ4v) is 1.56.